The van der Waals surface area contributed by atoms with E-state index in [1.54, 1.807) is 6.08 Å². The zero-order chi connectivity index (χ0) is 36.0. The van der Waals surface area contributed by atoms with Crippen molar-refractivity contribution in [2.75, 3.05) is 13.7 Å². The fraction of sp³-hybridized carbons (Fsp3) is 0.375. The zero-order valence-corrected chi connectivity index (χ0v) is 31.8. The number of fused-ring (bicyclic) bond motifs is 8. The van der Waals surface area contributed by atoms with Crippen LogP contribution in [0.15, 0.2) is 23.9 Å². The number of ether oxygens (including phenoxy) is 2. The van der Waals surface area contributed by atoms with Gasteiger partial charge in [-0.3, -0.25) is 14.4 Å². The van der Waals surface area contributed by atoms with Crippen LogP contribution in [0.25, 0.3) is 36.1 Å². The third kappa shape index (κ3) is 6.57. The van der Waals surface area contributed by atoms with Crippen molar-refractivity contribution in [1.82, 2.24) is 20.3 Å². The van der Waals surface area contributed by atoms with Gasteiger partial charge in [-0.1, -0.05) is 67.0 Å². The minimum Gasteiger partial charge on any atom is -0.657 e. The summed E-state index contributed by atoms with van der Waals surface area (Å²) >= 11 is 0. The van der Waals surface area contributed by atoms with Gasteiger partial charge in [0.05, 0.1) is 19.4 Å². The minimum absolute atomic E-state index is 0. The second-order valence-corrected chi connectivity index (χ2v) is 13.5. The smallest absolute Gasteiger partial charge is 0.657 e. The van der Waals surface area contributed by atoms with E-state index < -0.39 is 17.9 Å². The molecule has 5 heterocycles. The van der Waals surface area contributed by atoms with Crippen LogP contribution >= 0.6 is 0 Å². The molecule has 1 saturated heterocycles. The van der Waals surface area contributed by atoms with Crippen molar-refractivity contribution in [3.8, 4) is 0 Å². The number of nitrogens with zero attached hydrogens (tertiary/aromatic N) is 3. The number of esters is 2. The second-order valence-electron chi connectivity index (χ2n) is 13.5. The van der Waals surface area contributed by atoms with Crippen LogP contribution in [0, 0.1) is 31.6 Å². The van der Waals surface area contributed by atoms with E-state index in [1.807, 2.05) is 58.9 Å². The molecule has 11 heteroatoms. The summed E-state index contributed by atoms with van der Waals surface area (Å²) in [5.41, 5.74) is 8.06. The number of hydrogen-bond acceptors (Lipinski definition) is 7. The molecule has 6 rings (SSSR count). The average molecular weight is 700 g/mol. The number of rotatable bonds is 8. The van der Waals surface area contributed by atoms with E-state index in [2.05, 4.69) is 18.8 Å². The monoisotopic (exact) mass is 699 g/mol. The fourth-order valence-corrected chi connectivity index (χ4v) is 7.62. The molecular weight excluding hydrogens is 657 g/mol. The number of allylic oxidation sites excluding steroid dienone is 2. The third-order valence-corrected chi connectivity index (χ3v) is 10.4. The molecule has 0 aromatic carbocycles. The van der Waals surface area contributed by atoms with Crippen molar-refractivity contribution in [3.05, 3.63) is 90.1 Å². The Labute approximate surface area is 313 Å². The van der Waals surface area contributed by atoms with Crippen LogP contribution in [0.3, 0.4) is 0 Å². The largest absolute Gasteiger partial charge is 2.00 e. The number of aliphatic hydroxyl groups excluding tert-OH is 1. The van der Waals surface area contributed by atoms with Crippen LogP contribution in [-0.2, 0) is 25.5 Å². The van der Waals surface area contributed by atoms with Crippen LogP contribution in [0.4, 0.5) is 0 Å². The Morgan fingerprint density at radius 2 is 1.76 bits per heavy atom. The molecule has 2 aliphatic heterocycles. The minimum atomic E-state index is -1.18. The predicted molar refractivity (Wildman–Crippen MR) is 197 cm³/mol. The van der Waals surface area contributed by atoms with Gasteiger partial charge in [0.25, 0.3) is 0 Å². The number of hydrogen-bond donors (Lipinski definition) is 2. The first kappa shape index (κ1) is 37.8. The Morgan fingerprint density at radius 1 is 1.04 bits per heavy atom. The average Bonchev–Trinajstić information content (AvgIpc) is 3.83. The summed E-state index contributed by atoms with van der Waals surface area (Å²) in [5, 5.41) is 16.2. The number of aliphatic hydroxyl groups is 1. The van der Waals surface area contributed by atoms with Crippen molar-refractivity contribution in [3.63, 3.8) is 0 Å². The third-order valence-electron chi connectivity index (χ3n) is 10.4. The summed E-state index contributed by atoms with van der Waals surface area (Å²) in [7, 11) is 1.28. The predicted octanol–water partition coefficient (Wildman–Crippen LogP) is 1.96. The molecule has 1 fully saturated rings. The molecule has 3 aromatic rings. The first-order valence-corrected chi connectivity index (χ1v) is 17.0. The van der Waals surface area contributed by atoms with Gasteiger partial charge in [-0.15, -0.1) is 33.1 Å². The molecule has 4 atom stereocenters. The second kappa shape index (κ2) is 15.0. The maximum Gasteiger partial charge on any atom is 2.00 e. The quantitative estimate of drug-likeness (QED) is 0.155. The van der Waals surface area contributed by atoms with E-state index in [0.717, 1.165) is 39.9 Å². The Balaban J connectivity index is 0.00000504. The summed E-state index contributed by atoms with van der Waals surface area (Å²) in [6.45, 7) is 16.0. The van der Waals surface area contributed by atoms with Gasteiger partial charge < -0.3 is 34.8 Å². The van der Waals surface area contributed by atoms with Crippen molar-refractivity contribution in [2.24, 2.45) is 17.8 Å². The molecule has 0 saturated carbocycles. The molecule has 1 aliphatic carbocycles. The van der Waals surface area contributed by atoms with E-state index in [0.29, 0.717) is 62.2 Å². The van der Waals surface area contributed by atoms with E-state index in [4.69, 9.17) is 24.4 Å². The molecule has 3 aromatic heterocycles. The summed E-state index contributed by atoms with van der Waals surface area (Å²) in [6, 6.07) is -0.517. The zero-order valence-electron chi connectivity index (χ0n) is 30.3. The number of aromatic nitrogens is 3. The van der Waals surface area contributed by atoms with Gasteiger partial charge >= 0.3 is 35.0 Å². The normalized spacial score (nSPS) is 22.8. The van der Waals surface area contributed by atoms with Gasteiger partial charge in [0.1, 0.15) is 12.5 Å². The van der Waals surface area contributed by atoms with Crippen LogP contribution < -0.4 is 41.5 Å². The Hall–Kier alpha value is -4.48. The van der Waals surface area contributed by atoms with Crippen molar-refractivity contribution >= 4 is 76.9 Å². The van der Waals surface area contributed by atoms with Gasteiger partial charge in [0, 0.05) is 23.6 Å². The molecule has 262 valence electrons. The van der Waals surface area contributed by atoms with Gasteiger partial charge in [-0.05, 0) is 68.9 Å². The molecule has 0 radical (unpaired) electrons. The Morgan fingerprint density at radius 3 is 2.41 bits per heavy atom. The van der Waals surface area contributed by atoms with Gasteiger partial charge in [0.2, 0.25) is 0 Å². The number of carbonyl (C=O) groups excluding carboxylic acids is 3. The summed E-state index contributed by atoms with van der Waals surface area (Å²) in [5.74, 6) is -2.84. The SMILES string of the molecule is C=Cc1c2[n-]c(c1C)/C=C1\NC(C3=c4[n-]/c(c(C)c4C(=O)[C@@H]3C(=O)OC)=C\c3[n-]c(/c(=C/O)c3CC)=C\2)[C@@H](CCC(=O)OCC=C(C)C)[C@@H]1C.[Mg+2]. The molecule has 0 spiro atoms. The van der Waals surface area contributed by atoms with Gasteiger partial charge in [-0.2, -0.15) is 0 Å². The maximum absolute atomic E-state index is 14.2. The number of Topliss-reactive ketones (excluding diaryl/α,β-unsaturated/α-hetero) is 1. The molecular formula is C40H43MgN4O6-. The molecule has 10 nitrogen and oxygen atoms in total. The van der Waals surface area contributed by atoms with Crippen LogP contribution in [0.2, 0.25) is 0 Å². The van der Waals surface area contributed by atoms with Crippen molar-refractivity contribution in [2.45, 2.75) is 66.8 Å². The number of ketones is 1. The molecule has 8 bridgehead atoms. The number of carbonyl (C=O) groups is 3. The van der Waals surface area contributed by atoms with Crippen molar-refractivity contribution in [1.29, 1.82) is 0 Å². The first-order chi connectivity index (χ1) is 23.9. The topological polar surface area (TPSA) is 144 Å². The van der Waals surface area contributed by atoms with E-state index in [1.165, 1.54) is 7.11 Å². The molecule has 0 amide bonds. The molecule has 51 heavy (non-hydrogen) atoms. The summed E-state index contributed by atoms with van der Waals surface area (Å²) in [4.78, 5) is 55.4. The number of nitrogens with one attached hydrogen (secondary N) is 1. The maximum atomic E-state index is 14.2. The van der Waals surface area contributed by atoms with E-state index in [9.17, 15) is 19.5 Å². The van der Waals surface area contributed by atoms with Crippen LogP contribution in [-0.4, -0.2) is 65.6 Å². The Bertz CT molecular complexity index is 2240. The van der Waals surface area contributed by atoms with Gasteiger partial charge in [-0.25, -0.2) is 0 Å². The van der Waals surface area contributed by atoms with E-state index >= 15 is 0 Å². The fourth-order valence-electron chi connectivity index (χ4n) is 7.62. The van der Waals surface area contributed by atoms with Crippen LogP contribution in [0.1, 0.15) is 90.2 Å². The molecule has 3 aliphatic rings. The summed E-state index contributed by atoms with van der Waals surface area (Å²) < 4.78 is 10.7. The molecule has 2 N–H and O–H groups in total. The van der Waals surface area contributed by atoms with Crippen molar-refractivity contribution < 1.29 is 29.0 Å². The summed E-state index contributed by atoms with van der Waals surface area (Å²) in [6.07, 6.45) is 11.6. The standard InChI is InChI=1S/C40H43N4O6.Mg/c1-9-23-20(5)27-15-28-21(6)25(11-12-33(46)50-14-13-19(3)4)37(43-28)35-36(40(48)49-8)39(47)34-22(7)29(44-38(34)35)16-31-24(10-2)26(18-45)32(42-31)17-30(23)41-27;/h9,13,15-18,21,25,36-37,43H,1,10-12,14H2,2-8H3,(H,45,47);/q-3;+2/b28-15-,32-17-;/t21-,25-,36+,37?;/m0./s1. The number of methoxy groups -OCH3 is 1. The van der Waals surface area contributed by atoms with Gasteiger partial charge in [0.15, 0.2) is 5.78 Å². The molecule has 1 unspecified atom stereocenters. The van der Waals surface area contributed by atoms with E-state index in [-0.39, 0.29) is 59.7 Å². The van der Waals surface area contributed by atoms with Crippen LogP contribution in [0.5, 0.6) is 0 Å². The first-order valence-electron chi connectivity index (χ1n) is 17.0. The Kier molecular flexibility index (Phi) is 11.1.